The average molecular weight is 438 g/mol. The molecule has 0 unspecified atom stereocenters. The van der Waals surface area contributed by atoms with Gasteiger partial charge in [-0.3, -0.25) is 19.6 Å². The minimum absolute atomic E-state index is 0.317. The van der Waals surface area contributed by atoms with Crippen molar-refractivity contribution >= 4 is 35.5 Å². The summed E-state index contributed by atoms with van der Waals surface area (Å²) >= 11 is 0. The highest BCUT2D eigenvalue weighted by Gasteiger charge is 2.30. The molecule has 0 radical (unpaired) electrons. The first-order valence-electron chi connectivity index (χ1n) is 11.0. The number of carbonyl (C=O) groups excluding carboxylic acids is 2. The summed E-state index contributed by atoms with van der Waals surface area (Å²) in [6.07, 6.45) is 5.64. The number of H-pyrrole nitrogens is 1. The second kappa shape index (κ2) is 8.54. The molecule has 0 saturated heterocycles. The van der Waals surface area contributed by atoms with Crippen LogP contribution in [0.15, 0.2) is 55.0 Å². The van der Waals surface area contributed by atoms with Gasteiger partial charge in [-0.05, 0) is 29.7 Å². The number of carbonyl (C=O) groups is 2. The smallest absolute Gasteiger partial charge is 0.295 e. The predicted octanol–water partition coefficient (Wildman–Crippen LogP) is 2.51. The van der Waals surface area contributed by atoms with E-state index in [-0.39, 0.29) is 0 Å². The van der Waals surface area contributed by atoms with E-state index in [2.05, 4.69) is 21.0 Å². The van der Waals surface area contributed by atoms with Gasteiger partial charge in [-0.2, -0.15) is 0 Å². The van der Waals surface area contributed by atoms with Crippen LogP contribution in [0.25, 0.3) is 22.2 Å². The Labute approximate surface area is 192 Å². The Hall–Kier alpha value is -3.94. The largest absolute Gasteiger partial charge is 0.494 e. The van der Waals surface area contributed by atoms with Gasteiger partial charge in [0.1, 0.15) is 5.75 Å². The van der Waals surface area contributed by atoms with E-state index in [1.54, 1.807) is 23.5 Å². The molecule has 8 heteroatoms. The Kier molecular flexibility index (Phi) is 5.42. The highest BCUT2D eigenvalue weighted by Crippen LogP contribution is 2.31. The van der Waals surface area contributed by atoms with E-state index in [4.69, 9.17) is 4.74 Å². The summed E-state index contributed by atoms with van der Waals surface area (Å²) in [5.41, 5.74) is 6.09. The van der Waals surface area contributed by atoms with Gasteiger partial charge in [0.05, 0.1) is 35.5 Å². The normalized spacial score (nSPS) is 13.0. The van der Waals surface area contributed by atoms with E-state index < -0.39 is 11.7 Å². The number of fused-ring (bicyclic) bond motifs is 2. The molecule has 0 aliphatic carbocycles. The van der Waals surface area contributed by atoms with Crippen molar-refractivity contribution in [2.45, 2.75) is 19.8 Å². The van der Waals surface area contributed by atoms with E-state index in [1.165, 1.54) is 12.7 Å². The maximum absolute atomic E-state index is 13.3. The summed E-state index contributed by atoms with van der Waals surface area (Å²) in [7, 11) is 2.23. The number of aromatic nitrogens is 3. The van der Waals surface area contributed by atoms with Crippen molar-refractivity contribution < 1.29 is 14.3 Å². The van der Waals surface area contributed by atoms with E-state index >= 15 is 0 Å². The quantitative estimate of drug-likeness (QED) is 0.294. The maximum Gasteiger partial charge on any atom is 0.295 e. The molecule has 1 amide bonds. The molecule has 4 aromatic rings. The molecular weight excluding hydrogens is 415 g/mol. The summed E-state index contributed by atoms with van der Waals surface area (Å²) < 4.78 is 5.44. The highest BCUT2D eigenvalue weighted by molar-refractivity contribution is 6.55. The second-order valence-corrected chi connectivity index (χ2v) is 8.04. The maximum atomic E-state index is 13.3. The van der Waals surface area contributed by atoms with Crippen molar-refractivity contribution in [1.82, 2.24) is 19.9 Å². The summed E-state index contributed by atoms with van der Waals surface area (Å²) in [5, 5.41) is 0.609. The molecule has 4 heterocycles. The second-order valence-electron chi connectivity index (χ2n) is 8.04. The van der Waals surface area contributed by atoms with Crippen molar-refractivity contribution in [2.75, 3.05) is 13.7 Å². The van der Waals surface area contributed by atoms with Crippen LogP contribution in [-0.4, -0.2) is 52.5 Å². The van der Waals surface area contributed by atoms with Gasteiger partial charge >= 0.3 is 0 Å². The van der Waals surface area contributed by atoms with Crippen molar-refractivity contribution in [1.29, 1.82) is 0 Å². The number of aromatic amines is 1. The molecule has 0 saturated carbocycles. The van der Waals surface area contributed by atoms with E-state index in [9.17, 15) is 9.59 Å². The number of nitrogens with zero attached hydrogens (tertiary/aromatic N) is 3. The lowest BCUT2D eigenvalue weighted by molar-refractivity contribution is -0.127. The lowest BCUT2D eigenvalue weighted by Crippen LogP contribution is -2.40. The zero-order valence-corrected chi connectivity index (χ0v) is 18.6. The van der Waals surface area contributed by atoms with Crippen LogP contribution in [0.5, 0.6) is 5.75 Å². The minimum atomic E-state index is -0.544. The van der Waals surface area contributed by atoms with Gasteiger partial charge in [0.2, 0.25) is 0 Å². The van der Waals surface area contributed by atoms with Crippen LogP contribution in [-0.2, 0) is 17.8 Å². The molecule has 0 atom stereocenters. The summed E-state index contributed by atoms with van der Waals surface area (Å²) in [6, 6.07) is 11.9. The van der Waals surface area contributed by atoms with E-state index in [0.717, 1.165) is 27.9 Å². The standard InChI is InChI=1S/C25H23BN4O3/c1-26-24-22-21(20(33-2)13-29-24)18(12-28-22)23(31)25(32)30-11-9-16-15(14-30)6-5-7-17(16)19-8-3-4-10-27-19/h3-8,10,12-13,26,28H,9,11,14H2,1-2H3. The van der Waals surface area contributed by atoms with E-state index in [0.29, 0.717) is 43.5 Å². The number of pyridine rings is 2. The molecule has 1 aromatic carbocycles. The highest BCUT2D eigenvalue weighted by atomic mass is 16.5. The fourth-order valence-corrected chi connectivity index (χ4v) is 4.58. The molecule has 7 nitrogen and oxygen atoms in total. The fraction of sp³-hybridized carbons (Fsp3) is 0.200. The number of ketones is 1. The third-order valence-corrected chi connectivity index (χ3v) is 6.24. The number of benzene rings is 1. The molecular formula is C25H23BN4O3. The Morgan fingerprint density at radius 1 is 1.15 bits per heavy atom. The lowest BCUT2D eigenvalue weighted by Gasteiger charge is -2.29. The van der Waals surface area contributed by atoms with Gasteiger partial charge in [-0.15, -0.1) is 0 Å². The zero-order valence-electron chi connectivity index (χ0n) is 18.6. The number of methoxy groups -OCH3 is 1. The number of hydrogen-bond acceptors (Lipinski definition) is 5. The molecule has 0 spiro atoms. The average Bonchev–Trinajstić information content (AvgIpc) is 3.32. The van der Waals surface area contributed by atoms with Crippen LogP contribution in [0.1, 0.15) is 21.5 Å². The van der Waals surface area contributed by atoms with E-state index in [1.807, 2.05) is 37.2 Å². The van der Waals surface area contributed by atoms with Gasteiger partial charge in [-0.1, -0.05) is 31.1 Å². The molecule has 5 rings (SSSR count). The first kappa shape index (κ1) is 20.9. The molecule has 1 aliphatic heterocycles. The third-order valence-electron chi connectivity index (χ3n) is 6.24. The SMILES string of the molecule is CBc1ncc(OC)c2c(C(=O)C(=O)N3CCc4c(cccc4-c4ccccn4)C3)c[nH]c12. The summed E-state index contributed by atoms with van der Waals surface area (Å²) in [6.45, 7) is 2.86. The van der Waals surface area contributed by atoms with Gasteiger partial charge in [0, 0.05) is 36.6 Å². The Bertz CT molecular complexity index is 1370. The molecule has 164 valence electrons. The van der Waals surface area contributed by atoms with Crippen LogP contribution in [0, 0.1) is 0 Å². The Morgan fingerprint density at radius 3 is 2.79 bits per heavy atom. The summed E-state index contributed by atoms with van der Waals surface area (Å²) in [5.74, 6) is -0.581. The Morgan fingerprint density at radius 2 is 2.03 bits per heavy atom. The first-order chi connectivity index (χ1) is 16.1. The first-order valence-corrected chi connectivity index (χ1v) is 11.0. The van der Waals surface area contributed by atoms with Gasteiger partial charge in [-0.25, -0.2) is 0 Å². The third kappa shape index (κ3) is 3.57. The van der Waals surface area contributed by atoms with Crippen LogP contribution >= 0.6 is 0 Å². The van der Waals surface area contributed by atoms with Crippen molar-refractivity contribution in [3.05, 3.63) is 71.7 Å². The molecule has 0 fully saturated rings. The van der Waals surface area contributed by atoms with Crippen LogP contribution < -0.4 is 10.3 Å². The number of nitrogens with one attached hydrogen (secondary N) is 1. The fourth-order valence-electron chi connectivity index (χ4n) is 4.58. The Balaban J connectivity index is 1.45. The number of ether oxygens (including phenoxy) is 1. The number of Topliss-reactive ketones (excluding diaryl/α,β-unsaturated/α-hetero) is 1. The molecule has 1 aliphatic rings. The zero-order chi connectivity index (χ0) is 22.9. The number of hydrogen-bond donors (Lipinski definition) is 1. The lowest BCUT2D eigenvalue weighted by atomic mass is 9.76. The van der Waals surface area contributed by atoms with Crippen molar-refractivity contribution in [3.8, 4) is 17.0 Å². The number of amides is 1. The topological polar surface area (TPSA) is 88.2 Å². The minimum Gasteiger partial charge on any atom is -0.494 e. The van der Waals surface area contributed by atoms with Crippen LogP contribution in [0.3, 0.4) is 0 Å². The van der Waals surface area contributed by atoms with Crippen LogP contribution in [0.2, 0.25) is 6.82 Å². The molecule has 1 N–H and O–H groups in total. The molecule has 33 heavy (non-hydrogen) atoms. The van der Waals surface area contributed by atoms with Crippen LogP contribution in [0.4, 0.5) is 0 Å². The van der Waals surface area contributed by atoms with Crippen molar-refractivity contribution in [3.63, 3.8) is 0 Å². The molecule has 3 aromatic heterocycles. The molecule has 0 bridgehead atoms. The monoisotopic (exact) mass is 438 g/mol. The summed E-state index contributed by atoms with van der Waals surface area (Å²) in [4.78, 5) is 40.2. The van der Waals surface area contributed by atoms with Crippen molar-refractivity contribution in [2.24, 2.45) is 0 Å². The number of rotatable bonds is 5. The van der Waals surface area contributed by atoms with Gasteiger partial charge in [0.25, 0.3) is 11.7 Å². The predicted molar refractivity (Wildman–Crippen MR) is 128 cm³/mol. The van der Waals surface area contributed by atoms with Gasteiger partial charge in [0.15, 0.2) is 7.28 Å². The van der Waals surface area contributed by atoms with Gasteiger partial charge < -0.3 is 14.6 Å².